The first kappa shape index (κ1) is 24.1. The zero-order valence-corrected chi connectivity index (χ0v) is 19.2. The molecule has 1 amide bonds. The van der Waals surface area contributed by atoms with E-state index in [0.29, 0.717) is 26.9 Å². The fraction of sp³-hybridized carbons (Fsp3) is 0.300. The van der Waals surface area contributed by atoms with E-state index >= 15 is 0 Å². The number of aryl methyl sites for hydroxylation is 1. The van der Waals surface area contributed by atoms with Crippen LogP contribution in [-0.2, 0) is 30.8 Å². The van der Waals surface area contributed by atoms with Crippen LogP contribution in [0.15, 0.2) is 41.3 Å². The standard InChI is InChI=1S/C20H22Cl2N2O5S/c1-12-5-7-15(30(27,28)24(3)4)11-18(12)23-20(26)13(2)29-19(25)10-14-6-8-16(21)17(22)9-14/h5-9,11,13H,10H2,1-4H3,(H,23,26). The van der Waals surface area contributed by atoms with Gasteiger partial charge in [0, 0.05) is 19.8 Å². The third-order valence-corrected chi connectivity index (χ3v) is 6.81. The molecule has 7 nitrogen and oxygen atoms in total. The number of hydrogen-bond donors (Lipinski definition) is 1. The van der Waals surface area contributed by atoms with Crippen LogP contribution in [0.1, 0.15) is 18.1 Å². The van der Waals surface area contributed by atoms with Gasteiger partial charge in [-0.15, -0.1) is 0 Å². The zero-order chi connectivity index (χ0) is 22.6. The number of benzene rings is 2. The van der Waals surface area contributed by atoms with E-state index in [4.69, 9.17) is 27.9 Å². The maximum absolute atomic E-state index is 12.5. The molecule has 1 unspecified atom stereocenters. The Morgan fingerprint density at radius 3 is 2.37 bits per heavy atom. The molecule has 1 N–H and O–H groups in total. The van der Waals surface area contributed by atoms with Gasteiger partial charge in [0.2, 0.25) is 10.0 Å². The first-order valence-electron chi connectivity index (χ1n) is 8.89. The molecule has 0 aliphatic rings. The first-order valence-corrected chi connectivity index (χ1v) is 11.1. The minimum Gasteiger partial charge on any atom is -0.452 e. The predicted molar refractivity (Wildman–Crippen MR) is 116 cm³/mol. The lowest BCUT2D eigenvalue weighted by molar-refractivity contribution is -0.152. The highest BCUT2D eigenvalue weighted by atomic mass is 35.5. The molecule has 0 heterocycles. The Balaban J connectivity index is 2.06. The number of sulfonamides is 1. The van der Waals surface area contributed by atoms with Crippen molar-refractivity contribution in [1.29, 1.82) is 0 Å². The van der Waals surface area contributed by atoms with Gasteiger partial charge in [0.15, 0.2) is 6.10 Å². The van der Waals surface area contributed by atoms with Gasteiger partial charge in [-0.05, 0) is 49.2 Å². The van der Waals surface area contributed by atoms with Gasteiger partial charge in [-0.3, -0.25) is 9.59 Å². The van der Waals surface area contributed by atoms with E-state index < -0.39 is 28.0 Å². The predicted octanol–water partition coefficient (Wildman–Crippen LogP) is 3.67. The Morgan fingerprint density at radius 2 is 1.77 bits per heavy atom. The van der Waals surface area contributed by atoms with Crippen LogP contribution in [0.5, 0.6) is 0 Å². The number of esters is 1. The molecule has 0 spiro atoms. The average molecular weight is 473 g/mol. The van der Waals surface area contributed by atoms with Crippen LogP contribution >= 0.6 is 23.2 Å². The second-order valence-electron chi connectivity index (χ2n) is 6.81. The van der Waals surface area contributed by atoms with Crippen LogP contribution in [0.25, 0.3) is 0 Å². The number of nitrogens with zero attached hydrogens (tertiary/aromatic N) is 1. The molecule has 2 rings (SSSR count). The number of amides is 1. The summed E-state index contributed by atoms with van der Waals surface area (Å²) in [6.07, 6.45) is -1.17. The molecule has 10 heteroatoms. The number of carbonyl (C=O) groups is 2. The monoisotopic (exact) mass is 472 g/mol. The van der Waals surface area contributed by atoms with Crippen LogP contribution in [0.4, 0.5) is 5.69 Å². The fourth-order valence-electron chi connectivity index (χ4n) is 2.45. The summed E-state index contributed by atoms with van der Waals surface area (Å²) in [5.74, 6) is -1.20. The molecule has 0 radical (unpaired) electrons. The summed E-state index contributed by atoms with van der Waals surface area (Å²) in [5.41, 5.74) is 1.57. The summed E-state index contributed by atoms with van der Waals surface area (Å²) in [5, 5.41) is 3.30. The van der Waals surface area contributed by atoms with Gasteiger partial charge in [0.05, 0.1) is 21.4 Å². The molecular weight excluding hydrogens is 451 g/mol. The molecule has 1 atom stereocenters. The molecule has 0 aliphatic carbocycles. The van der Waals surface area contributed by atoms with E-state index in [2.05, 4.69) is 5.32 Å². The Hall–Kier alpha value is -2.13. The quantitative estimate of drug-likeness (QED) is 0.620. The highest BCUT2D eigenvalue weighted by Crippen LogP contribution is 2.24. The van der Waals surface area contributed by atoms with Crippen LogP contribution in [0.3, 0.4) is 0 Å². The summed E-state index contributed by atoms with van der Waals surface area (Å²) in [6.45, 7) is 3.15. The number of halogens is 2. The van der Waals surface area contributed by atoms with Crippen molar-refractivity contribution in [3.05, 3.63) is 57.6 Å². The molecule has 30 heavy (non-hydrogen) atoms. The summed E-state index contributed by atoms with van der Waals surface area (Å²) in [4.78, 5) is 24.6. The third-order valence-electron chi connectivity index (χ3n) is 4.26. The molecule has 2 aromatic rings. The van der Waals surface area contributed by atoms with Crippen LogP contribution < -0.4 is 5.32 Å². The molecular formula is C20H22Cl2N2O5S. The van der Waals surface area contributed by atoms with E-state index in [1.54, 1.807) is 31.2 Å². The number of ether oxygens (including phenoxy) is 1. The first-order chi connectivity index (χ1) is 13.9. The highest BCUT2D eigenvalue weighted by Gasteiger charge is 2.22. The lowest BCUT2D eigenvalue weighted by Crippen LogP contribution is -2.31. The lowest BCUT2D eigenvalue weighted by Gasteiger charge is -2.17. The molecule has 0 fully saturated rings. The number of rotatable bonds is 7. The summed E-state index contributed by atoms with van der Waals surface area (Å²) in [6, 6.07) is 9.18. The van der Waals surface area contributed by atoms with Crippen LogP contribution in [0, 0.1) is 6.92 Å². The average Bonchev–Trinajstić information content (AvgIpc) is 2.66. The Bertz CT molecular complexity index is 1070. The normalized spacial score (nSPS) is 12.5. The van der Waals surface area contributed by atoms with Crippen LogP contribution in [0.2, 0.25) is 10.0 Å². The minimum atomic E-state index is -3.66. The van der Waals surface area contributed by atoms with E-state index in [1.807, 2.05) is 0 Å². The van der Waals surface area contributed by atoms with Gasteiger partial charge in [-0.25, -0.2) is 12.7 Å². The molecule has 2 aromatic carbocycles. The lowest BCUT2D eigenvalue weighted by atomic mass is 10.1. The van der Waals surface area contributed by atoms with Crippen molar-refractivity contribution in [3.8, 4) is 0 Å². The molecule has 0 aromatic heterocycles. The van der Waals surface area contributed by atoms with Gasteiger partial charge in [0.1, 0.15) is 0 Å². The van der Waals surface area contributed by atoms with E-state index in [9.17, 15) is 18.0 Å². The zero-order valence-electron chi connectivity index (χ0n) is 16.9. The van der Waals surface area contributed by atoms with Gasteiger partial charge in [0.25, 0.3) is 5.91 Å². The Morgan fingerprint density at radius 1 is 1.10 bits per heavy atom. The van der Waals surface area contributed by atoms with Crippen molar-refractivity contribution >= 4 is 50.8 Å². The van der Waals surface area contributed by atoms with Crippen molar-refractivity contribution in [1.82, 2.24) is 4.31 Å². The van der Waals surface area contributed by atoms with Crippen molar-refractivity contribution in [2.75, 3.05) is 19.4 Å². The maximum atomic E-state index is 12.5. The second-order valence-corrected chi connectivity index (χ2v) is 9.78. The van der Waals surface area contributed by atoms with Crippen LogP contribution in [-0.4, -0.2) is 44.8 Å². The molecule has 0 aliphatic heterocycles. The minimum absolute atomic E-state index is 0.0395. The summed E-state index contributed by atoms with van der Waals surface area (Å²) < 4.78 is 30.9. The SMILES string of the molecule is Cc1ccc(S(=O)(=O)N(C)C)cc1NC(=O)C(C)OC(=O)Cc1ccc(Cl)c(Cl)c1. The van der Waals surface area contributed by atoms with Crippen molar-refractivity contribution in [2.45, 2.75) is 31.3 Å². The number of carbonyl (C=O) groups excluding carboxylic acids is 2. The van der Waals surface area contributed by atoms with Crippen molar-refractivity contribution < 1.29 is 22.7 Å². The summed E-state index contributed by atoms with van der Waals surface area (Å²) >= 11 is 11.8. The molecule has 0 saturated carbocycles. The van der Waals surface area contributed by atoms with Crippen molar-refractivity contribution in [3.63, 3.8) is 0 Å². The Labute approximate surface area is 186 Å². The van der Waals surface area contributed by atoms with Gasteiger partial charge < -0.3 is 10.1 Å². The third kappa shape index (κ3) is 5.95. The number of hydrogen-bond acceptors (Lipinski definition) is 5. The fourth-order valence-corrected chi connectivity index (χ4v) is 3.70. The van der Waals surface area contributed by atoms with E-state index in [-0.39, 0.29) is 11.3 Å². The molecule has 0 saturated heterocycles. The molecule has 162 valence electrons. The largest absolute Gasteiger partial charge is 0.452 e. The topological polar surface area (TPSA) is 92.8 Å². The van der Waals surface area contributed by atoms with Gasteiger partial charge in [-0.2, -0.15) is 0 Å². The smallest absolute Gasteiger partial charge is 0.311 e. The van der Waals surface area contributed by atoms with Gasteiger partial charge >= 0.3 is 5.97 Å². The van der Waals surface area contributed by atoms with E-state index in [0.717, 1.165) is 4.31 Å². The van der Waals surface area contributed by atoms with E-state index in [1.165, 1.54) is 33.2 Å². The number of anilines is 1. The number of nitrogens with one attached hydrogen (secondary N) is 1. The highest BCUT2D eigenvalue weighted by molar-refractivity contribution is 7.89. The second kappa shape index (κ2) is 9.78. The van der Waals surface area contributed by atoms with Crippen molar-refractivity contribution in [2.24, 2.45) is 0 Å². The van der Waals surface area contributed by atoms with Gasteiger partial charge in [-0.1, -0.05) is 35.3 Å². The molecule has 0 bridgehead atoms. The maximum Gasteiger partial charge on any atom is 0.311 e. The summed E-state index contributed by atoms with van der Waals surface area (Å²) in [7, 11) is -0.817. The Kier molecular flexibility index (Phi) is 7.87.